The van der Waals surface area contributed by atoms with Gasteiger partial charge in [0.1, 0.15) is 0 Å². The Morgan fingerprint density at radius 1 is 1.69 bits per heavy atom. The van der Waals surface area contributed by atoms with E-state index in [2.05, 4.69) is 20.8 Å². The fraction of sp³-hybridized carbons (Fsp3) is 0.333. The molecule has 0 saturated carbocycles. The molecule has 1 aliphatic rings. The van der Waals surface area contributed by atoms with Gasteiger partial charge in [-0.2, -0.15) is 0 Å². The third kappa shape index (κ3) is 2.61. The highest BCUT2D eigenvalue weighted by atomic mass is 32.2. The van der Waals surface area contributed by atoms with Crippen LogP contribution in [-0.2, 0) is 24.2 Å². The lowest BCUT2D eigenvalue weighted by Crippen LogP contribution is -2.43. The molecular formula is C6H8N2O7S. The number of sulfonamides is 1. The molecule has 1 aliphatic heterocycles. The lowest BCUT2D eigenvalue weighted by Gasteiger charge is -2.15. The fourth-order valence-electron chi connectivity index (χ4n) is 0.718. The molecule has 0 aromatic rings. The number of carbonyl (C=O) groups is 2. The van der Waals surface area contributed by atoms with E-state index in [1.54, 1.807) is 0 Å². The molecule has 9 nitrogen and oxygen atoms in total. The molecule has 1 saturated heterocycles. The van der Waals surface area contributed by atoms with Crippen LogP contribution < -0.4 is 5.84 Å². The van der Waals surface area contributed by atoms with Crippen LogP contribution in [-0.4, -0.2) is 38.0 Å². The Hall–Kier alpha value is -1.81. The normalized spacial score (nSPS) is 19.6. The van der Waals surface area contributed by atoms with Crippen molar-refractivity contribution < 1.29 is 32.2 Å². The minimum absolute atomic E-state index is 0.174. The van der Waals surface area contributed by atoms with Crippen LogP contribution in [0.15, 0.2) is 12.0 Å². The quantitative estimate of drug-likeness (QED) is 0.301. The zero-order chi connectivity index (χ0) is 12.3. The van der Waals surface area contributed by atoms with E-state index >= 15 is 0 Å². The first-order valence-corrected chi connectivity index (χ1v) is 5.33. The van der Waals surface area contributed by atoms with Crippen LogP contribution in [0.2, 0.25) is 0 Å². The van der Waals surface area contributed by atoms with Gasteiger partial charge < -0.3 is 14.2 Å². The summed E-state index contributed by atoms with van der Waals surface area (Å²) in [5.41, 5.74) is 0. The smallest absolute Gasteiger partial charge is 0.426 e. The number of carbonyl (C=O) groups excluding carboxylic acids is 2. The van der Waals surface area contributed by atoms with Crippen molar-refractivity contribution in [3.63, 3.8) is 0 Å². The van der Waals surface area contributed by atoms with E-state index in [0.29, 0.717) is 5.41 Å². The summed E-state index contributed by atoms with van der Waals surface area (Å²) in [5.74, 6) is 4.94. The summed E-state index contributed by atoms with van der Waals surface area (Å²) in [7, 11) is -4.13. The van der Waals surface area contributed by atoms with Gasteiger partial charge in [0.05, 0.1) is 0 Å². The summed E-state index contributed by atoms with van der Waals surface area (Å²) in [5, 5.41) is 0.464. The molecule has 1 atom stereocenters. The molecule has 0 radical (unpaired) electrons. The van der Waals surface area contributed by atoms with Crippen molar-refractivity contribution in [1.29, 1.82) is 0 Å². The topological polar surface area (TPSA) is 125 Å². The van der Waals surface area contributed by atoms with Crippen LogP contribution in [0.5, 0.6) is 0 Å². The Morgan fingerprint density at radius 3 is 2.75 bits per heavy atom. The molecule has 16 heavy (non-hydrogen) atoms. The molecule has 0 aromatic heterocycles. The van der Waals surface area contributed by atoms with Gasteiger partial charge in [-0.25, -0.2) is 23.8 Å². The number of nitrogens with two attached hydrogens (primary N) is 1. The molecule has 1 fully saturated rings. The Bertz CT molecular complexity index is 417. The summed E-state index contributed by atoms with van der Waals surface area (Å²) >= 11 is 0. The van der Waals surface area contributed by atoms with E-state index < -0.39 is 28.6 Å². The highest BCUT2D eigenvalue weighted by molar-refractivity contribution is 7.92. The predicted molar refractivity (Wildman–Crippen MR) is 47.8 cm³/mol. The summed E-state index contributed by atoms with van der Waals surface area (Å²) in [6, 6.07) is 0. The van der Waals surface area contributed by atoms with E-state index in [4.69, 9.17) is 5.84 Å². The second-order valence-corrected chi connectivity index (χ2v) is 4.26. The monoisotopic (exact) mass is 252 g/mol. The van der Waals surface area contributed by atoms with Crippen molar-refractivity contribution in [2.45, 2.75) is 6.29 Å². The number of amides is 1. The Labute approximate surface area is 90.4 Å². The molecule has 0 spiro atoms. The van der Waals surface area contributed by atoms with E-state index in [9.17, 15) is 18.0 Å². The number of hydrogen-bond acceptors (Lipinski definition) is 8. The summed E-state index contributed by atoms with van der Waals surface area (Å²) in [6.07, 6.45) is -3.75. The Balaban J connectivity index is 2.59. The average Bonchev–Trinajstić information content (AvgIpc) is 2.62. The summed E-state index contributed by atoms with van der Waals surface area (Å²) in [4.78, 5) is 21.6. The molecule has 0 bridgehead atoms. The van der Waals surface area contributed by atoms with Crippen molar-refractivity contribution in [2.24, 2.45) is 5.84 Å². The first-order valence-electron chi connectivity index (χ1n) is 3.83. The first-order chi connectivity index (χ1) is 7.36. The minimum atomic E-state index is -4.13. The van der Waals surface area contributed by atoms with Gasteiger partial charge in [0.2, 0.25) is 0 Å². The lowest BCUT2D eigenvalue weighted by molar-refractivity contribution is -0.0373. The van der Waals surface area contributed by atoms with Gasteiger partial charge in [-0.05, 0) is 0 Å². The highest BCUT2D eigenvalue weighted by Gasteiger charge is 2.32. The molecule has 10 heteroatoms. The maximum absolute atomic E-state index is 11.1. The second kappa shape index (κ2) is 4.37. The van der Waals surface area contributed by atoms with Gasteiger partial charge in [0.15, 0.2) is 6.61 Å². The molecule has 90 valence electrons. The largest absolute Gasteiger partial charge is 0.511 e. The van der Waals surface area contributed by atoms with Gasteiger partial charge in [-0.3, -0.25) is 0 Å². The third-order valence-electron chi connectivity index (χ3n) is 1.46. The Morgan fingerprint density at radius 2 is 2.31 bits per heavy atom. The fourth-order valence-corrected chi connectivity index (χ4v) is 1.13. The predicted octanol–water partition coefficient (Wildman–Crippen LogP) is -0.735. The van der Waals surface area contributed by atoms with Crippen molar-refractivity contribution in [2.75, 3.05) is 6.61 Å². The first kappa shape index (κ1) is 12.3. The third-order valence-corrected chi connectivity index (χ3v) is 2.58. The van der Waals surface area contributed by atoms with Gasteiger partial charge >= 0.3 is 12.2 Å². The summed E-state index contributed by atoms with van der Waals surface area (Å²) in [6.45, 7) is 2.63. The lowest BCUT2D eigenvalue weighted by atomic mass is 10.7. The van der Waals surface area contributed by atoms with Crippen LogP contribution in [0.3, 0.4) is 0 Å². The Kier molecular flexibility index (Phi) is 3.34. The molecule has 1 rings (SSSR count). The van der Waals surface area contributed by atoms with Crippen molar-refractivity contribution in [1.82, 2.24) is 4.41 Å². The zero-order valence-corrected chi connectivity index (χ0v) is 8.68. The molecular weight excluding hydrogens is 244 g/mol. The SMILES string of the molecule is C=CS(=O)(=O)N(N)C(=O)OC1COC(=O)O1. The second-order valence-electron chi connectivity index (χ2n) is 2.50. The zero-order valence-electron chi connectivity index (χ0n) is 7.86. The number of hydrazine groups is 1. The van der Waals surface area contributed by atoms with E-state index in [-0.39, 0.29) is 11.0 Å². The average molecular weight is 252 g/mol. The van der Waals surface area contributed by atoms with Crippen molar-refractivity contribution in [3.05, 3.63) is 12.0 Å². The number of ether oxygens (including phenoxy) is 3. The molecule has 1 heterocycles. The van der Waals surface area contributed by atoms with Crippen molar-refractivity contribution in [3.8, 4) is 0 Å². The van der Waals surface area contributed by atoms with Crippen LogP contribution >= 0.6 is 0 Å². The maximum atomic E-state index is 11.1. The summed E-state index contributed by atoms with van der Waals surface area (Å²) < 4.78 is 34.9. The van der Waals surface area contributed by atoms with Gasteiger partial charge in [0.25, 0.3) is 16.3 Å². The number of rotatable bonds is 3. The maximum Gasteiger partial charge on any atom is 0.511 e. The molecule has 1 amide bonds. The number of hydrogen-bond donors (Lipinski definition) is 1. The van der Waals surface area contributed by atoms with Gasteiger partial charge in [0, 0.05) is 5.41 Å². The van der Waals surface area contributed by atoms with Crippen LogP contribution in [0.4, 0.5) is 9.59 Å². The highest BCUT2D eigenvalue weighted by Crippen LogP contribution is 2.09. The van der Waals surface area contributed by atoms with Crippen LogP contribution in [0, 0.1) is 0 Å². The van der Waals surface area contributed by atoms with Gasteiger partial charge in [-0.1, -0.05) is 6.58 Å². The molecule has 0 aliphatic carbocycles. The van der Waals surface area contributed by atoms with Crippen molar-refractivity contribution >= 4 is 22.3 Å². The van der Waals surface area contributed by atoms with E-state index in [1.807, 2.05) is 0 Å². The van der Waals surface area contributed by atoms with E-state index in [1.165, 1.54) is 0 Å². The molecule has 2 N–H and O–H groups in total. The molecule has 1 unspecified atom stereocenters. The number of cyclic esters (lactones) is 2. The minimum Gasteiger partial charge on any atom is -0.426 e. The molecule has 0 aromatic carbocycles. The van der Waals surface area contributed by atoms with E-state index in [0.717, 1.165) is 0 Å². The number of nitrogens with zero attached hydrogens (tertiary/aromatic N) is 1. The van der Waals surface area contributed by atoms with Gasteiger partial charge in [-0.15, -0.1) is 4.41 Å². The van der Waals surface area contributed by atoms with Crippen LogP contribution in [0.1, 0.15) is 0 Å². The standard InChI is InChI=1S/C6H8N2O7S/c1-2-16(11,12)8(7)5(9)14-4-3-13-6(10)15-4/h2,4H,1,3,7H2. The van der Waals surface area contributed by atoms with Crippen LogP contribution in [0.25, 0.3) is 0 Å².